The third-order valence-electron chi connectivity index (χ3n) is 1.75. The van der Waals surface area contributed by atoms with Crippen LogP contribution in [0.3, 0.4) is 0 Å². The monoisotopic (exact) mass is 315 g/mol. The number of hydrogen-bond acceptors (Lipinski definition) is 5. The summed E-state index contributed by atoms with van der Waals surface area (Å²) in [5.41, 5.74) is 1.01. The Bertz CT molecular complexity index is 473. The molecule has 0 aliphatic rings. The molecule has 0 aliphatic heterocycles. The topological polar surface area (TPSA) is 37.8 Å². The molecule has 0 saturated heterocycles. The van der Waals surface area contributed by atoms with Gasteiger partial charge in [0.25, 0.3) is 0 Å². The molecule has 1 heterocycles. The third kappa shape index (κ3) is 3.20. The van der Waals surface area contributed by atoms with E-state index in [-0.39, 0.29) is 0 Å². The fourth-order valence-electron chi connectivity index (χ4n) is 1.13. The van der Waals surface area contributed by atoms with Gasteiger partial charge in [-0.15, -0.1) is 10.2 Å². The van der Waals surface area contributed by atoms with Gasteiger partial charge in [0.2, 0.25) is 5.13 Å². The number of hydrogen-bond donors (Lipinski definition) is 1. The maximum atomic E-state index is 4.08. The van der Waals surface area contributed by atoms with Gasteiger partial charge in [-0.25, -0.2) is 0 Å². The second-order valence-corrected chi connectivity index (χ2v) is 6.35. The number of anilines is 2. The van der Waals surface area contributed by atoms with Gasteiger partial charge in [-0.05, 0) is 24.0 Å². The molecule has 0 radical (unpaired) electrons. The molecule has 0 fully saturated rings. The van der Waals surface area contributed by atoms with E-state index < -0.39 is 0 Å². The zero-order valence-corrected chi connectivity index (χ0v) is 11.8. The van der Waals surface area contributed by atoms with Crippen LogP contribution in [-0.2, 0) is 0 Å². The Morgan fingerprint density at radius 1 is 1.44 bits per heavy atom. The third-order valence-corrected chi connectivity index (χ3v) is 4.10. The standard InChI is InChI=1S/C10H10BrN3S2/c1-2-15-10-14-13-9(16-10)12-8-5-3-4-7(11)6-8/h3-6H,2H2,1H3,(H,12,13). The maximum Gasteiger partial charge on any atom is 0.210 e. The summed E-state index contributed by atoms with van der Waals surface area (Å²) in [6.07, 6.45) is 0. The molecular formula is C10H10BrN3S2. The summed E-state index contributed by atoms with van der Waals surface area (Å²) < 4.78 is 2.05. The molecule has 0 atom stereocenters. The summed E-state index contributed by atoms with van der Waals surface area (Å²) in [4.78, 5) is 0. The van der Waals surface area contributed by atoms with Crippen molar-refractivity contribution in [3.8, 4) is 0 Å². The lowest BCUT2D eigenvalue weighted by molar-refractivity contribution is 1.01. The van der Waals surface area contributed by atoms with Crippen LogP contribution in [0.5, 0.6) is 0 Å². The van der Waals surface area contributed by atoms with E-state index in [1.807, 2.05) is 24.3 Å². The summed E-state index contributed by atoms with van der Waals surface area (Å²) in [5, 5.41) is 12.2. The van der Waals surface area contributed by atoms with Crippen molar-refractivity contribution < 1.29 is 0 Å². The molecule has 2 rings (SSSR count). The highest BCUT2D eigenvalue weighted by Crippen LogP contribution is 2.27. The minimum Gasteiger partial charge on any atom is -0.330 e. The Morgan fingerprint density at radius 2 is 2.31 bits per heavy atom. The highest BCUT2D eigenvalue weighted by molar-refractivity contribution is 9.10. The van der Waals surface area contributed by atoms with Crippen LogP contribution in [0.1, 0.15) is 6.92 Å². The van der Waals surface area contributed by atoms with Crippen LogP contribution in [0.25, 0.3) is 0 Å². The van der Waals surface area contributed by atoms with E-state index in [1.54, 1.807) is 23.1 Å². The van der Waals surface area contributed by atoms with Crippen LogP contribution >= 0.6 is 39.0 Å². The molecule has 3 nitrogen and oxygen atoms in total. The number of aromatic nitrogens is 2. The molecule has 0 unspecified atom stereocenters. The summed E-state index contributed by atoms with van der Waals surface area (Å²) >= 11 is 6.71. The predicted molar refractivity (Wildman–Crippen MR) is 73.7 cm³/mol. The summed E-state index contributed by atoms with van der Waals surface area (Å²) in [6.45, 7) is 2.10. The molecule has 0 aliphatic carbocycles. The Kier molecular flexibility index (Phi) is 4.20. The minimum absolute atomic E-state index is 0.828. The number of benzene rings is 1. The molecule has 2 aromatic rings. The first kappa shape index (κ1) is 11.9. The van der Waals surface area contributed by atoms with Gasteiger partial charge in [0.15, 0.2) is 4.34 Å². The van der Waals surface area contributed by atoms with Gasteiger partial charge in [-0.1, -0.05) is 52.0 Å². The van der Waals surface area contributed by atoms with E-state index in [9.17, 15) is 0 Å². The van der Waals surface area contributed by atoms with Crippen LogP contribution in [0.2, 0.25) is 0 Å². The van der Waals surface area contributed by atoms with E-state index >= 15 is 0 Å². The normalized spacial score (nSPS) is 10.4. The lowest BCUT2D eigenvalue weighted by atomic mass is 10.3. The number of halogens is 1. The molecule has 1 aromatic carbocycles. The van der Waals surface area contributed by atoms with Gasteiger partial charge in [-0.2, -0.15) is 0 Å². The molecule has 1 aromatic heterocycles. The SMILES string of the molecule is CCSc1nnc(Nc2cccc(Br)c2)s1. The van der Waals surface area contributed by atoms with Gasteiger partial charge in [0, 0.05) is 10.2 Å². The van der Waals surface area contributed by atoms with E-state index in [2.05, 4.69) is 38.4 Å². The van der Waals surface area contributed by atoms with Crippen LogP contribution in [-0.4, -0.2) is 16.0 Å². The van der Waals surface area contributed by atoms with Crippen LogP contribution < -0.4 is 5.32 Å². The van der Waals surface area contributed by atoms with Crippen molar-refractivity contribution in [2.45, 2.75) is 11.3 Å². The number of nitrogens with one attached hydrogen (secondary N) is 1. The van der Waals surface area contributed by atoms with Crippen molar-refractivity contribution in [3.63, 3.8) is 0 Å². The second kappa shape index (κ2) is 5.65. The van der Waals surface area contributed by atoms with Gasteiger partial charge in [0.1, 0.15) is 0 Å². The zero-order valence-electron chi connectivity index (χ0n) is 8.61. The lowest BCUT2D eigenvalue weighted by Gasteiger charge is -2.01. The van der Waals surface area contributed by atoms with E-state index in [0.29, 0.717) is 0 Å². The first-order valence-electron chi connectivity index (χ1n) is 4.77. The fraction of sp³-hybridized carbons (Fsp3) is 0.200. The van der Waals surface area contributed by atoms with Crippen LogP contribution in [0, 0.1) is 0 Å². The zero-order chi connectivity index (χ0) is 11.4. The molecule has 16 heavy (non-hydrogen) atoms. The van der Waals surface area contributed by atoms with E-state index in [4.69, 9.17) is 0 Å². The smallest absolute Gasteiger partial charge is 0.210 e. The average molecular weight is 316 g/mol. The van der Waals surface area contributed by atoms with Crippen molar-refractivity contribution in [2.24, 2.45) is 0 Å². The van der Waals surface area contributed by atoms with Crippen molar-refractivity contribution in [1.82, 2.24) is 10.2 Å². The van der Waals surface area contributed by atoms with Gasteiger partial charge in [0.05, 0.1) is 0 Å². The van der Waals surface area contributed by atoms with Crippen molar-refractivity contribution in [3.05, 3.63) is 28.7 Å². The molecule has 84 valence electrons. The van der Waals surface area contributed by atoms with Gasteiger partial charge in [-0.3, -0.25) is 0 Å². The number of nitrogens with zero attached hydrogens (tertiary/aromatic N) is 2. The Morgan fingerprint density at radius 3 is 3.06 bits per heavy atom. The number of rotatable bonds is 4. The molecule has 0 amide bonds. The quantitative estimate of drug-likeness (QED) is 0.860. The first-order valence-corrected chi connectivity index (χ1v) is 7.36. The maximum absolute atomic E-state index is 4.08. The summed E-state index contributed by atoms with van der Waals surface area (Å²) in [6, 6.07) is 7.98. The van der Waals surface area contributed by atoms with Crippen LogP contribution in [0.4, 0.5) is 10.8 Å². The van der Waals surface area contributed by atoms with E-state index in [1.165, 1.54) is 0 Å². The molecule has 1 N–H and O–H groups in total. The van der Waals surface area contributed by atoms with Crippen molar-refractivity contribution in [1.29, 1.82) is 0 Å². The van der Waals surface area contributed by atoms with Crippen molar-refractivity contribution >= 4 is 49.8 Å². The molecule has 6 heteroatoms. The van der Waals surface area contributed by atoms with Gasteiger partial charge < -0.3 is 5.32 Å². The first-order chi connectivity index (χ1) is 7.78. The van der Waals surface area contributed by atoms with E-state index in [0.717, 1.165) is 25.4 Å². The molecule has 0 spiro atoms. The summed E-state index contributed by atoms with van der Waals surface area (Å²) in [7, 11) is 0. The fourth-order valence-corrected chi connectivity index (χ4v) is 3.20. The second-order valence-electron chi connectivity index (χ2n) is 2.94. The highest BCUT2D eigenvalue weighted by Gasteiger charge is 2.03. The minimum atomic E-state index is 0.828. The molecular weight excluding hydrogens is 306 g/mol. The van der Waals surface area contributed by atoms with Gasteiger partial charge >= 0.3 is 0 Å². The Labute approximate surface area is 111 Å². The van der Waals surface area contributed by atoms with Crippen molar-refractivity contribution in [2.75, 3.05) is 11.1 Å². The largest absolute Gasteiger partial charge is 0.330 e. The Hall–Kier alpha value is -0.590. The predicted octanol–water partition coefficient (Wildman–Crippen LogP) is 4.16. The summed E-state index contributed by atoms with van der Waals surface area (Å²) in [5.74, 6) is 1.02. The Balaban J connectivity index is 2.08. The highest BCUT2D eigenvalue weighted by atomic mass is 79.9. The number of thioether (sulfide) groups is 1. The molecule has 0 saturated carbocycles. The molecule has 0 bridgehead atoms. The van der Waals surface area contributed by atoms with Crippen LogP contribution in [0.15, 0.2) is 33.1 Å². The average Bonchev–Trinajstić information content (AvgIpc) is 2.66. The lowest BCUT2D eigenvalue weighted by Crippen LogP contribution is -1.88.